The van der Waals surface area contributed by atoms with Gasteiger partial charge in [-0.1, -0.05) is 6.07 Å². The van der Waals surface area contributed by atoms with Gasteiger partial charge < -0.3 is 14.5 Å². The van der Waals surface area contributed by atoms with Gasteiger partial charge in [-0.2, -0.15) is 0 Å². The van der Waals surface area contributed by atoms with Crippen molar-refractivity contribution in [1.29, 1.82) is 0 Å². The van der Waals surface area contributed by atoms with Crippen molar-refractivity contribution < 1.29 is 13.9 Å². The average Bonchev–Trinajstić information content (AvgIpc) is 2.82. The molecule has 0 aliphatic rings. The number of halogens is 1. The molecule has 0 bridgehead atoms. The summed E-state index contributed by atoms with van der Waals surface area (Å²) in [6, 6.07) is 8.92. The van der Waals surface area contributed by atoms with E-state index < -0.39 is 0 Å². The molecule has 0 atom stereocenters. The van der Waals surface area contributed by atoms with E-state index in [9.17, 15) is 4.79 Å². The molecule has 0 unspecified atom stereocenters. The van der Waals surface area contributed by atoms with Crippen molar-refractivity contribution >= 4 is 23.3 Å². The molecule has 1 aromatic heterocycles. The first-order chi connectivity index (χ1) is 9.11. The van der Waals surface area contributed by atoms with Crippen LogP contribution < -0.4 is 5.32 Å². The highest BCUT2D eigenvalue weighted by molar-refractivity contribution is 6.28. The molecule has 1 aromatic carbocycles. The summed E-state index contributed by atoms with van der Waals surface area (Å²) in [6.07, 6.45) is 0. The number of carbonyl (C=O) groups excluding carboxylic acids is 1. The van der Waals surface area contributed by atoms with E-state index in [4.69, 9.17) is 20.8 Å². The van der Waals surface area contributed by atoms with Crippen molar-refractivity contribution in [3.63, 3.8) is 0 Å². The summed E-state index contributed by atoms with van der Waals surface area (Å²) in [7, 11) is 1.37. The van der Waals surface area contributed by atoms with Crippen LogP contribution in [0.1, 0.15) is 21.7 Å². The highest BCUT2D eigenvalue weighted by Crippen LogP contribution is 2.21. The Balaban J connectivity index is 2.14. The van der Waals surface area contributed by atoms with Crippen molar-refractivity contribution in [3.05, 3.63) is 52.4 Å². The number of ether oxygens (including phenoxy) is 1. The third kappa shape index (κ3) is 3.09. The van der Waals surface area contributed by atoms with Gasteiger partial charge in [0.15, 0.2) is 5.22 Å². The van der Waals surface area contributed by atoms with Crippen molar-refractivity contribution in [2.75, 3.05) is 12.4 Å². The van der Waals surface area contributed by atoms with E-state index in [1.165, 1.54) is 7.11 Å². The second kappa shape index (κ2) is 5.80. The fourth-order valence-electron chi connectivity index (χ4n) is 1.79. The molecule has 0 fully saturated rings. The third-order valence-electron chi connectivity index (χ3n) is 2.82. The zero-order valence-corrected chi connectivity index (χ0v) is 11.5. The minimum absolute atomic E-state index is 0.345. The molecular formula is C14H14ClNO3. The molecule has 0 aliphatic carbocycles. The van der Waals surface area contributed by atoms with E-state index in [0.717, 1.165) is 17.0 Å². The van der Waals surface area contributed by atoms with Crippen molar-refractivity contribution in [3.8, 4) is 0 Å². The van der Waals surface area contributed by atoms with Gasteiger partial charge in [-0.15, -0.1) is 0 Å². The molecule has 0 amide bonds. The van der Waals surface area contributed by atoms with Crippen molar-refractivity contribution in [2.24, 2.45) is 0 Å². The van der Waals surface area contributed by atoms with Gasteiger partial charge in [-0.3, -0.25) is 0 Å². The lowest BCUT2D eigenvalue weighted by atomic mass is 10.1. The molecule has 2 aromatic rings. The van der Waals surface area contributed by atoms with Crippen molar-refractivity contribution in [2.45, 2.75) is 13.5 Å². The van der Waals surface area contributed by atoms with Crippen LogP contribution in [0.4, 0.5) is 5.69 Å². The van der Waals surface area contributed by atoms with Crippen LogP contribution in [0, 0.1) is 6.92 Å². The number of hydrogen-bond donors (Lipinski definition) is 1. The number of nitrogens with one attached hydrogen (secondary N) is 1. The van der Waals surface area contributed by atoms with Gasteiger partial charge >= 0.3 is 5.97 Å². The summed E-state index contributed by atoms with van der Waals surface area (Å²) < 4.78 is 9.99. The van der Waals surface area contributed by atoms with Crippen LogP contribution in [0.5, 0.6) is 0 Å². The fraction of sp³-hybridized carbons (Fsp3) is 0.214. The molecule has 0 radical (unpaired) electrons. The number of furan rings is 1. The Bertz CT molecular complexity index is 592. The Labute approximate surface area is 116 Å². The van der Waals surface area contributed by atoms with Crippen molar-refractivity contribution in [1.82, 2.24) is 0 Å². The zero-order valence-electron chi connectivity index (χ0n) is 10.7. The lowest BCUT2D eigenvalue weighted by Gasteiger charge is -2.11. The van der Waals surface area contributed by atoms with Crippen LogP contribution >= 0.6 is 11.6 Å². The largest absolute Gasteiger partial charge is 0.465 e. The monoisotopic (exact) mass is 279 g/mol. The maximum Gasteiger partial charge on any atom is 0.338 e. The smallest absolute Gasteiger partial charge is 0.338 e. The van der Waals surface area contributed by atoms with E-state index in [-0.39, 0.29) is 5.97 Å². The molecule has 100 valence electrons. The molecule has 2 rings (SSSR count). The van der Waals surface area contributed by atoms with Gasteiger partial charge in [0.2, 0.25) is 0 Å². The van der Waals surface area contributed by atoms with Gasteiger partial charge in [-0.05, 0) is 48.4 Å². The number of methoxy groups -OCH3 is 1. The molecule has 0 saturated carbocycles. The first-order valence-corrected chi connectivity index (χ1v) is 6.15. The van der Waals surface area contributed by atoms with E-state index in [1.54, 1.807) is 24.3 Å². The molecule has 0 saturated heterocycles. The predicted molar refractivity (Wildman–Crippen MR) is 73.6 cm³/mol. The summed E-state index contributed by atoms with van der Waals surface area (Å²) >= 11 is 5.70. The topological polar surface area (TPSA) is 51.5 Å². The molecule has 5 heteroatoms. The maximum atomic E-state index is 11.6. The number of carbonyl (C=O) groups is 1. The van der Waals surface area contributed by atoms with Crippen LogP contribution in [0.2, 0.25) is 5.22 Å². The van der Waals surface area contributed by atoms with Gasteiger partial charge in [0.05, 0.1) is 19.2 Å². The van der Waals surface area contributed by atoms with Crippen LogP contribution in [0.25, 0.3) is 0 Å². The number of esters is 1. The highest BCUT2D eigenvalue weighted by Gasteiger charge is 2.11. The molecule has 0 aliphatic heterocycles. The van der Waals surface area contributed by atoms with Gasteiger partial charge in [-0.25, -0.2) is 4.79 Å². The van der Waals surface area contributed by atoms with Gasteiger partial charge in [0, 0.05) is 5.69 Å². The summed E-state index contributed by atoms with van der Waals surface area (Å²) in [6.45, 7) is 2.36. The molecule has 1 N–H and O–H groups in total. The Kier molecular flexibility index (Phi) is 4.12. The van der Waals surface area contributed by atoms with E-state index >= 15 is 0 Å². The second-order valence-electron chi connectivity index (χ2n) is 4.03. The maximum absolute atomic E-state index is 11.6. The standard InChI is InChI=1S/C14H14ClNO3/c1-9-11(14(17)18-2)4-3-5-12(9)16-8-10-6-7-13(15)19-10/h3-7,16H,8H2,1-2H3. The fourth-order valence-corrected chi connectivity index (χ4v) is 1.95. The Hall–Kier alpha value is -1.94. The Morgan fingerprint density at radius 3 is 2.79 bits per heavy atom. The van der Waals surface area contributed by atoms with E-state index in [2.05, 4.69) is 5.32 Å². The minimum Gasteiger partial charge on any atom is -0.465 e. The number of hydrogen-bond acceptors (Lipinski definition) is 4. The molecule has 4 nitrogen and oxygen atoms in total. The molecule has 19 heavy (non-hydrogen) atoms. The lowest BCUT2D eigenvalue weighted by molar-refractivity contribution is 0.0600. The Morgan fingerprint density at radius 2 is 2.16 bits per heavy atom. The number of benzene rings is 1. The van der Waals surface area contributed by atoms with Gasteiger partial charge in [0.25, 0.3) is 0 Å². The molecule has 1 heterocycles. The average molecular weight is 280 g/mol. The summed E-state index contributed by atoms with van der Waals surface area (Å²) in [4.78, 5) is 11.6. The van der Waals surface area contributed by atoms with Crippen LogP contribution in [0.3, 0.4) is 0 Å². The summed E-state index contributed by atoms with van der Waals surface area (Å²) in [5, 5.41) is 3.56. The van der Waals surface area contributed by atoms with Crippen LogP contribution in [-0.2, 0) is 11.3 Å². The van der Waals surface area contributed by atoms with E-state index in [0.29, 0.717) is 17.3 Å². The number of anilines is 1. The molecular weight excluding hydrogens is 266 g/mol. The second-order valence-corrected chi connectivity index (χ2v) is 4.40. The highest BCUT2D eigenvalue weighted by atomic mass is 35.5. The molecule has 0 spiro atoms. The van der Waals surface area contributed by atoms with Gasteiger partial charge in [0.1, 0.15) is 5.76 Å². The lowest BCUT2D eigenvalue weighted by Crippen LogP contribution is -2.07. The van der Waals surface area contributed by atoms with Crippen LogP contribution in [0.15, 0.2) is 34.7 Å². The Morgan fingerprint density at radius 1 is 1.37 bits per heavy atom. The minimum atomic E-state index is -0.345. The summed E-state index contributed by atoms with van der Waals surface area (Å²) in [5.41, 5.74) is 2.24. The van der Waals surface area contributed by atoms with Crippen LogP contribution in [-0.4, -0.2) is 13.1 Å². The summed E-state index contributed by atoms with van der Waals surface area (Å²) in [5.74, 6) is 0.384. The van der Waals surface area contributed by atoms with E-state index in [1.807, 2.05) is 13.0 Å². The predicted octanol–water partition coefficient (Wildman–Crippen LogP) is 3.64. The first kappa shape index (κ1) is 13.5. The SMILES string of the molecule is COC(=O)c1cccc(NCc2ccc(Cl)o2)c1C. The zero-order chi connectivity index (χ0) is 13.8. The normalized spacial score (nSPS) is 10.3. The quantitative estimate of drug-likeness (QED) is 0.868. The third-order valence-corrected chi connectivity index (χ3v) is 3.02. The first-order valence-electron chi connectivity index (χ1n) is 5.78. The number of rotatable bonds is 4.